The van der Waals surface area contributed by atoms with Crippen molar-refractivity contribution in [3.8, 4) is 22.6 Å². The zero-order chi connectivity index (χ0) is 21.6. The standard InChI is InChI=1S/C25H20NO4P/c1-30-20-13-14-23-22-7-2-3-8-24(22)26(25(23)16-20)19-11-9-17(10-12-19)18-5-4-6-21(15-18)31(27,28)29/h2-16H,1H3,(H2,27,28,29). The summed E-state index contributed by atoms with van der Waals surface area (Å²) in [6.07, 6.45) is 0. The van der Waals surface area contributed by atoms with E-state index in [9.17, 15) is 14.4 Å². The van der Waals surface area contributed by atoms with Gasteiger partial charge in [-0.1, -0.05) is 42.5 Å². The lowest BCUT2D eigenvalue weighted by atomic mass is 10.1. The van der Waals surface area contributed by atoms with Gasteiger partial charge in [0.2, 0.25) is 0 Å². The first-order valence-corrected chi connectivity index (χ1v) is 11.4. The monoisotopic (exact) mass is 429 g/mol. The first kappa shape index (κ1) is 19.6. The number of fused-ring (bicyclic) bond motifs is 3. The molecule has 0 radical (unpaired) electrons. The van der Waals surface area contributed by atoms with Crippen LogP contribution >= 0.6 is 7.60 Å². The topological polar surface area (TPSA) is 71.7 Å². The summed E-state index contributed by atoms with van der Waals surface area (Å²) in [6.45, 7) is 0. The molecule has 31 heavy (non-hydrogen) atoms. The van der Waals surface area contributed by atoms with Crippen molar-refractivity contribution < 1.29 is 19.1 Å². The molecule has 4 aromatic carbocycles. The van der Waals surface area contributed by atoms with Crippen LogP contribution < -0.4 is 10.0 Å². The number of nitrogens with zero attached hydrogens (tertiary/aromatic N) is 1. The zero-order valence-corrected chi connectivity index (χ0v) is 17.7. The SMILES string of the molecule is COc1ccc2c3ccccc3n(-c3ccc(-c4cccc(P(=O)(O)O)c4)cc3)c2c1. The van der Waals surface area contributed by atoms with Crippen molar-refractivity contribution in [2.75, 3.05) is 7.11 Å². The number of hydrogen-bond acceptors (Lipinski definition) is 2. The fourth-order valence-corrected chi connectivity index (χ4v) is 4.61. The molecule has 0 bridgehead atoms. The molecule has 5 aromatic rings. The Bertz CT molecular complexity index is 1460. The maximum Gasteiger partial charge on any atom is 0.356 e. The Labute approximate surface area is 179 Å². The smallest absolute Gasteiger partial charge is 0.356 e. The molecule has 0 saturated heterocycles. The van der Waals surface area contributed by atoms with E-state index < -0.39 is 7.60 Å². The second kappa shape index (κ2) is 7.40. The van der Waals surface area contributed by atoms with Crippen LogP contribution in [0.25, 0.3) is 38.6 Å². The number of rotatable bonds is 4. The highest BCUT2D eigenvalue weighted by Gasteiger charge is 2.17. The molecule has 0 spiro atoms. The Balaban J connectivity index is 1.66. The van der Waals surface area contributed by atoms with Gasteiger partial charge in [-0.25, -0.2) is 0 Å². The van der Waals surface area contributed by atoms with E-state index in [1.54, 1.807) is 19.2 Å². The van der Waals surface area contributed by atoms with E-state index >= 15 is 0 Å². The van der Waals surface area contributed by atoms with E-state index in [0.717, 1.165) is 39.0 Å². The summed E-state index contributed by atoms with van der Waals surface area (Å²) >= 11 is 0. The van der Waals surface area contributed by atoms with Gasteiger partial charge in [0.25, 0.3) is 0 Å². The third-order valence-corrected chi connectivity index (χ3v) is 6.47. The van der Waals surface area contributed by atoms with Crippen molar-refractivity contribution in [1.82, 2.24) is 4.57 Å². The number of para-hydroxylation sites is 1. The van der Waals surface area contributed by atoms with Crippen LogP contribution in [0.4, 0.5) is 0 Å². The molecule has 1 heterocycles. The fourth-order valence-electron chi connectivity index (χ4n) is 4.03. The van der Waals surface area contributed by atoms with Gasteiger partial charge < -0.3 is 19.1 Å². The van der Waals surface area contributed by atoms with Gasteiger partial charge in [0.15, 0.2) is 0 Å². The molecule has 0 saturated carbocycles. The normalized spacial score (nSPS) is 11.8. The number of ether oxygens (including phenoxy) is 1. The molecule has 5 rings (SSSR count). The van der Waals surface area contributed by atoms with E-state index in [1.807, 2.05) is 54.6 Å². The molecule has 1 aromatic heterocycles. The van der Waals surface area contributed by atoms with Crippen LogP contribution in [-0.4, -0.2) is 21.5 Å². The lowest BCUT2D eigenvalue weighted by molar-refractivity contribution is 0.387. The second-order valence-electron chi connectivity index (χ2n) is 7.38. The third kappa shape index (κ3) is 3.43. The van der Waals surface area contributed by atoms with Crippen molar-refractivity contribution in [2.45, 2.75) is 0 Å². The summed E-state index contributed by atoms with van der Waals surface area (Å²) in [5.74, 6) is 0.794. The highest BCUT2D eigenvalue weighted by molar-refractivity contribution is 7.60. The number of methoxy groups -OCH3 is 1. The molecular formula is C25H20NO4P. The molecule has 0 aliphatic carbocycles. The summed E-state index contributed by atoms with van der Waals surface area (Å²) in [5.41, 5.74) is 4.79. The van der Waals surface area contributed by atoms with Gasteiger partial charge in [0.05, 0.1) is 23.4 Å². The number of aromatic nitrogens is 1. The van der Waals surface area contributed by atoms with Crippen LogP contribution in [0.3, 0.4) is 0 Å². The van der Waals surface area contributed by atoms with Gasteiger partial charge in [-0.2, -0.15) is 0 Å². The van der Waals surface area contributed by atoms with E-state index in [2.05, 4.69) is 22.8 Å². The highest BCUT2D eigenvalue weighted by atomic mass is 31.2. The first-order valence-electron chi connectivity index (χ1n) is 9.80. The molecule has 0 aliphatic rings. The van der Waals surface area contributed by atoms with Crippen LogP contribution in [0.15, 0.2) is 91.0 Å². The van der Waals surface area contributed by atoms with E-state index in [0.29, 0.717) is 0 Å². The lowest BCUT2D eigenvalue weighted by Crippen LogP contribution is -2.03. The quantitative estimate of drug-likeness (QED) is 0.382. The van der Waals surface area contributed by atoms with Gasteiger partial charge in [-0.05, 0) is 53.6 Å². The largest absolute Gasteiger partial charge is 0.497 e. The molecule has 0 unspecified atom stereocenters. The van der Waals surface area contributed by atoms with Crippen molar-refractivity contribution in [2.24, 2.45) is 0 Å². The zero-order valence-electron chi connectivity index (χ0n) is 16.8. The Hall–Kier alpha value is -3.37. The van der Waals surface area contributed by atoms with Gasteiger partial charge >= 0.3 is 7.60 Å². The average Bonchev–Trinajstić information content (AvgIpc) is 3.12. The summed E-state index contributed by atoms with van der Waals surface area (Å²) in [6, 6.07) is 28.8. The molecule has 2 N–H and O–H groups in total. The van der Waals surface area contributed by atoms with Crippen LogP contribution in [0.1, 0.15) is 0 Å². The third-order valence-electron chi connectivity index (χ3n) is 5.52. The predicted octanol–water partition coefficient (Wildman–Crippen LogP) is 5.26. The maximum absolute atomic E-state index is 11.6. The first-order chi connectivity index (χ1) is 15.0. The van der Waals surface area contributed by atoms with E-state index in [-0.39, 0.29) is 5.30 Å². The molecule has 6 heteroatoms. The Morgan fingerprint density at radius 3 is 2.23 bits per heavy atom. The summed E-state index contributed by atoms with van der Waals surface area (Å²) in [7, 11) is -2.63. The molecule has 0 amide bonds. The lowest BCUT2D eigenvalue weighted by Gasteiger charge is -2.11. The summed E-state index contributed by atoms with van der Waals surface area (Å²) in [4.78, 5) is 18.9. The Morgan fingerprint density at radius 2 is 1.48 bits per heavy atom. The Kier molecular flexibility index (Phi) is 4.67. The van der Waals surface area contributed by atoms with Crippen LogP contribution in [0.5, 0.6) is 5.75 Å². The molecule has 5 nitrogen and oxygen atoms in total. The fraction of sp³-hybridized carbons (Fsp3) is 0.0400. The van der Waals surface area contributed by atoms with Gasteiger partial charge in [-0.3, -0.25) is 4.57 Å². The van der Waals surface area contributed by atoms with Crippen molar-refractivity contribution in [3.63, 3.8) is 0 Å². The number of benzene rings is 4. The van der Waals surface area contributed by atoms with Crippen molar-refractivity contribution in [3.05, 3.63) is 91.0 Å². The van der Waals surface area contributed by atoms with Crippen LogP contribution in [-0.2, 0) is 4.57 Å². The van der Waals surface area contributed by atoms with Crippen LogP contribution in [0, 0.1) is 0 Å². The number of hydrogen-bond donors (Lipinski definition) is 2. The van der Waals surface area contributed by atoms with Gasteiger partial charge in [0.1, 0.15) is 5.75 Å². The molecule has 0 atom stereocenters. The highest BCUT2D eigenvalue weighted by Crippen LogP contribution is 2.36. The van der Waals surface area contributed by atoms with Gasteiger partial charge in [-0.15, -0.1) is 0 Å². The minimum Gasteiger partial charge on any atom is -0.497 e. The maximum atomic E-state index is 11.6. The minimum absolute atomic E-state index is 0.0172. The van der Waals surface area contributed by atoms with E-state index in [1.165, 1.54) is 11.5 Å². The van der Waals surface area contributed by atoms with Crippen LogP contribution in [0.2, 0.25) is 0 Å². The van der Waals surface area contributed by atoms with E-state index in [4.69, 9.17) is 4.74 Å². The summed E-state index contributed by atoms with van der Waals surface area (Å²) in [5, 5.41) is 2.33. The van der Waals surface area contributed by atoms with Crippen molar-refractivity contribution >= 4 is 34.7 Å². The predicted molar refractivity (Wildman–Crippen MR) is 124 cm³/mol. The van der Waals surface area contributed by atoms with Crippen molar-refractivity contribution in [1.29, 1.82) is 0 Å². The average molecular weight is 429 g/mol. The summed E-state index contributed by atoms with van der Waals surface area (Å²) < 4.78 is 19.3. The molecule has 0 fully saturated rings. The molecule has 0 aliphatic heterocycles. The molecule has 154 valence electrons. The second-order valence-corrected chi connectivity index (χ2v) is 8.98. The minimum atomic E-state index is -4.29. The molecular weight excluding hydrogens is 409 g/mol. The Morgan fingerprint density at radius 1 is 0.742 bits per heavy atom. The van der Waals surface area contributed by atoms with Gasteiger partial charge in [0, 0.05) is 22.5 Å².